The van der Waals surface area contributed by atoms with E-state index in [2.05, 4.69) is 16.0 Å². The highest BCUT2D eigenvalue weighted by Gasteiger charge is 2.31. The summed E-state index contributed by atoms with van der Waals surface area (Å²) >= 11 is 0. The Balaban J connectivity index is 5.59. The van der Waals surface area contributed by atoms with Gasteiger partial charge in [-0.15, -0.1) is 0 Å². The van der Waals surface area contributed by atoms with Crippen LogP contribution in [-0.4, -0.2) is 75.9 Å². The van der Waals surface area contributed by atoms with E-state index in [0.29, 0.717) is 0 Å². The van der Waals surface area contributed by atoms with Crippen LogP contribution < -0.4 is 33.2 Å². The van der Waals surface area contributed by atoms with Crippen molar-refractivity contribution in [2.75, 3.05) is 0 Å². The van der Waals surface area contributed by atoms with E-state index < -0.39 is 78.5 Å². The topological polar surface area (TPSA) is 274 Å². The predicted molar refractivity (Wildman–Crippen MR) is 120 cm³/mol. The van der Waals surface area contributed by atoms with Gasteiger partial charge in [0, 0.05) is 12.8 Å². The SMILES string of the molecule is CC(C)CC(N)C(=O)NC(CCC(=O)O)C(=O)NC(CC(N)=O)C(=O)NC(CCC(N)=O)C(=O)O. The molecule has 0 spiro atoms. The number of aliphatic carboxylic acids is 2. The number of carboxylic acids is 2. The van der Waals surface area contributed by atoms with E-state index in [1.54, 1.807) is 0 Å². The summed E-state index contributed by atoms with van der Waals surface area (Å²) in [5.74, 6) is -7.35. The van der Waals surface area contributed by atoms with E-state index in [0.717, 1.165) is 0 Å². The molecular weight excluding hydrogens is 468 g/mol. The Morgan fingerprint density at radius 2 is 1.20 bits per heavy atom. The Labute approximate surface area is 201 Å². The summed E-state index contributed by atoms with van der Waals surface area (Å²) in [5.41, 5.74) is 15.9. The fraction of sp³-hybridized carbons (Fsp3) is 0.650. The number of hydrogen-bond acceptors (Lipinski definition) is 8. The molecule has 5 amide bonds. The van der Waals surface area contributed by atoms with Crippen LogP contribution in [0.2, 0.25) is 0 Å². The average molecular weight is 503 g/mol. The molecule has 0 rings (SSSR count). The molecule has 0 bridgehead atoms. The lowest BCUT2D eigenvalue weighted by molar-refractivity contribution is -0.142. The number of nitrogens with two attached hydrogens (primary N) is 3. The molecule has 0 aliphatic rings. The van der Waals surface area contributed by atoms with Crippen LogP contribution in [0.25, 0.3) is 0 Å². The van der Waals surface area contributed by atoms with Crippen molar-refractivity contribution in [1.29, 1.82) is 0 Å². The van der Waals surface area contributed by atoms with Gasteiger partial charge < -0.3 is 43.4 Å². The first-order valence-corrected chi connectivity index (χ1v) is 10.8. The largest absolute Gasteiger partial charge is 0.481 e. The van der Waals surface area contributed by atoms with Crippen molar-refractivity contribution in [3.63, 3.8) is 0 Å². The van der Waals surface area contributed by atoms with Crippen LogP contribution >= 0.6 is 0 Å². The number of carbonyl (C=O) groups excluding carboxylic acids is 5. The zero-order valence-electron chi connectivity index (χ0n) is 19.6. The first-order chi connectivity index (χ1) is 16.1. The van der Waals surface area contributed by atoms with Gasteiger partial charge in [-0.05, 0) is 25.2 Å². The van der Waals surface area contributed by atoms with Crippen LogP contribution in [0.15, 0.2) is 0 Å². The van der Waals surface area contributed by atoms with Crippen LogP contribution in [0, 0.1) is 5.92 Å². The van der Waals surface area contributed by atoms with Gasteiger partial charge in [-0.25, -0.2) is 4.79 Å². The average Bonchev–Trinajstić information content (AvgIpc) is 2.71. The monoisotopic (exact) mass is 502 g/mol. The van der Waals surface area contributed by atoms with Crippen molar-refractivity contribution in [3.8, 4) is 0 Å². The second-order valence-corrected chi connectivity index (χ2v) is 8.37. The number of primary amides is 2. The predicted octanol–water partition coefficient (Wildman–Crippen LogP) is -3.10. The Hall–Kier alpha value is -3.75. The molecule has 0 radical (unpaired) electrons. The molecule has 4 unspecified atom stereocenters. The molecule has 0 saturated carbocycles. The maximum atomic E-state index is 12.8. The quantitative estimate of drug-likeness (QED) is 0.0991. The number of hydrogen-bond donors (Lipinski definition) is 8. The van der Waals surface area contributed by atoms with Crippen molar-refractivity contribution in [2.24, 2.45) is 23.1 Å². The number of carbonyl (C=O) groups is 7. The Morgan fingerprint density at radius 3 is 1.66 bits per heavy atom. The van der Waals surface area contributed by atoms with E-state index >= 15 is 0 Å². The van der Waals surface area contributed by atoms with Gasteiger partial charge in [0.2, 0.25) is 29.5 Å². The molecule has 15 heteroatoms. The second-order valence-electron chi connectivity index (χ2n) is 8.37. The minimum Gasteiger partial charge on any atom is -0.481 e. The van der Waals surface area contributed by atoms with Gasteiger partial charge in [-0.1, -0.05) is 13.8 Å². The molecule has 0 aromatic carbocycles. The van der Waals surface area contributed by atoms with E-state index in [4.69, 9.17) is 22.3 Å². The molecule has 11 N–H and O–H groups in total. The van der Waals surface area contributed by atoms with Gasteiger partial charge in [0.15, 0.2) is 0 Å². The molecule has 0 aliphatic carbocycles. The number of nitrogens with one attached hydrogen (secondary N) is 3. The summed E-state index contributed by atoms with van der Waals surface area (Å²) in [6.07, 6.45) is -2.02. The molecule has 198 valence electrons. The molecule has 0 saturated heterocycles. The van der Waals surface area contributed by atoms with Crippen molar-refractivity contribution < 1.29 is 43.8 Å². The zero-order chi connectivity index (χ0) is 27.3. The van der Waals surface area contributed by atoms with Crippen molar-refractivity contribution in [2.45, 2.75) is 76.5 Å². The minimum atomic E-state index is -1.65. The molecule has 0 heterocycles. The van der Waals surface area contributed by atoms with Crippen molar-refractivity contribution in [3.05, 3.63) is 0 Å². The molecule has 0 aromatic rings. The molecular formula is C20H34N6O9. The van der Waals surface area contributed by atoms with Gasteiger partial charge in [0.25, 0.3) is 0 Å². The fourth-order valence-corrected chi connectivity index (χ4v) is 2.93. The summed E-state index contributed by atoms with van der Waals surface area (Å²) in [4.78, 5) is 82.5. The zero-order valence-corrected chi connectivity index (χ0v) is 19.6. The molecule has 0 aromatic heterocycles. The third kappa shape index (κ3) is 13.5. The highest BCUT2D eigenvalue weighted by atomic mass is 16.4. The van der Waals surface area contributed by atoms with E-state index in [1.165, 1.54) is 0 Å². The third-order valence-corrected chi connectivity index (χ3v) is 4.67. The number of amides is 5. The standard InChI is InChI=1S/C20H34N6O9/c1-9(2)7-10(21)17(31)24-11(4-6-16(29)30)18(32)26-13(8-15(23)28)19(33)25-12(20(34)35)3-5-14(22)27/h9-13H,3-8,21H2,1-2H3,(H2,22,27)(H2,23,28)(H,24,31)(H,25,33)(H,26,32)(H,29,30)(H,34,35). The van der Waals surface area contributed by atoms with Crippen LogP contribution in [0.5, 0.6) is 0 Å². The summed E-state index contributed by atoms with van der Waals surface area (Å²) < 4.78 is 0. The van der Waals surface area contributed by atoms with Crippen LogP contribution in [-0.2, 0) is 33.6 Å². The van der Waals surface area contributed by atoms with Gasteiger partial charge in [0.1, 0.15) is 18.1 Å². The van der Waals surface area contributed by atoms with Gasteiger partial charge >= 0.3 is 11.9 Å². The Morgan fingerprint density at radius 1 is 0.714 bits per heavy atom. The van der Waals surface area contributed by atoms with Crippen LogP contribution in [0.3, 0.4) is 0 Å². The molecule has 0 fully saturated rings. The number of rotatable bonds is 17. The summed E-state index contributed by atoms with van der Waals surface area (Å²) in [6.45, 7) is 3.64. The third-order valence-electron chi connectivity index (χ3n) is 4.67. The molecule has 4 atom stereocenters. The molecule has 15 nitrogen and oxygen atoms in total. The maximum absolute atomic E-state index is 12.8. The minimum absolute atomic E-state index is 0.0578. The first-order valence-electron chi connectivity index (χ1n) is 10.8. The summed E-state index contributed by atoms with van der Waals surface area (Å²) in [7, 11) is 0. The maximum Gasteiger partial charge on any atom is 0.326 e. The van der Waals surface area contributed by atoms with Gasteiger partial charge in [-0.2, -0.15) is 0 Å². The van der Waals surface area contributed by atoms with Gasteiger partial charge in [-0.3, -0.25) is 28.8 Å². The lowest BCUT2D eigenvalue weighted by Crippen LogP contribution is -2.57. The first kappa shape index (κ1) is 31.2. The van der Waals surface area contributed by atoms with Crippen molar-refractivity contribution >= 4 is 41.5 Å². The number of carboxylic acid groups (broad SMARTS) is 2. The van der Waals surface area contributed by atoms with E-state index in [1.807, 2.05) is 13.8 Å². The Kier molecular flexibility index (Phi) is 13.6. The lowest BCUT2D eigenvalue weighted by Gasteiger charge is -2.24. The lowest BCUT2D eigenvalue weighted by atomic mass is 10.0. The fourth-order valence-electron chi connectivity index (χ4n) is 2.93. The van der Waals surface area contributed by atoms with Crippen LogP contribution in [0.1, 0.15) is 52.4 Å². The highest BCUT2D eigenvalue weighted by molar-refractivity contribution is 5.96. The second kappa shape index (κ2) is 15.2. The summed E-state index contributed by atoms with van der Waals surface area (Å²) in [6, 6.07) is -5.62. The summed E-state index contributed by atoms with van der Waals surface area (Å²) in [5, 5.41) is 24.8. The normalized spacial score (nSPS) is 14.2. The smallest absolute Gasteiger partial charge is 0.326 e. The van der Waals surface area contributed by atoms with Crippen LogP contribution in [0.4, 0.5) is 0 Å². The molecule has 35 heavy (non-hydrogen) atoms. The van der Waals surface area contributed by atoms with E-state index in [9.17, 15) is 38.7 Å². The highest BCUT2D eigenvalue weighted by Crippen LogP contribution is 2.06. The van der Waals surface area contributed by atoms with E-state index in [-0.39, 0.29) is 31.6 Å². The van der Waals surface area contributed by atoms with Crippen molar-refractivity contribution in [1.82, 2.24) is 16.0 Å². The van der Waals surface area contributed by atoms with Gasteiger partial charge in [0.05, 0.1) is 12.5 Å². The Bertz CT molecular complexity index is 817. The molecule has 0 aliphatic heterocycles.